The molecule has 0 amide bonds. The van der Waals surface area contributed by atoms with Gasteiger partial charge in [0.1, 0.15) is 6.04 Å². The summed E-state index contributed by atoms with van der Waals surface area (Å²) in [5.41, 5.74) is 9.38. The van der Waals surface area contributed by atoms with Gasteiger partial charge in [-0.05, 0) is 5.56 Å². The first-order valence-corrected chi connectivity index (χ1v) is 4.55. The zero-order valence-corrected chi connectivity index (χ0v) is 8.03. The number of carboxylic acid groups (broad SMARTS) is 1. The molecule has 0 unspecified atom stereocenters. The van der Waals surface area contributed by atoms with Crippen molar-refractivity contribution in [1.82, 2.24) is 0 Å². The molecule has 14 heavy (non-hydrogen) atoms. The van der Waals surface area contributed by atoms with Crippen LogP contribution < -0.4 is 16.6 Å². The van der Waals surface area contributed by atoms with Crippen LogP contribution in [0, 0.1) is 0 Å². The third-order valence-corrected chi connectivity index (χ3v) is 2.19. The third-order valence-electron chi connectivity index (χ3n) is 2.19. The molecule has 0 aliphatic carbocycles. The van der Waals surface area contributed by atoms with E-state index in [4.69, 9.17) is 0 Å². The van der Waals surface area contributed by atoms with E-state index in [1.54, 1.807) is 0 Å². The molecule has 0 heterocycles. The minimum absolute atomic E-state index is 0.411. The summed E-state index contributed by atoms with van der Waals surface area (Å²) >= 11 is 0. The van der Waals surface area contributed by atoms with Crippen LogP contribution in [-0.4, -0.2) is 12.0 Å². The van der Waals surface area contributed by atoms with Crippen LogP contribution in [0.2, 0.25) is 0 Å². The number of aliphatic carboxylic acids is 1. The van der Waals surface area contributed by atoms with E-state index in [1.165, 1.54) is 0 Å². The van der Waals surface area contributed by atoms with Crippen molar-refractivity contribution < 1.29 is 21.4 Å². The Morgan fingerprint density at radius 2 is 1.93 bits per heavy atom. The number of rotatable bonds is 4. The predicted octanol–water partition coefficient (Wildman–Crippen LogP) is -2.67. The lowest BCUT2D eigenvalue weighted by Crippen LogP contribution is -2.69. The molecule has 6 N–H and O–H groups in total. The molecule has 0 saturated carbocycles. The van der Waals surface area contributed by atoms with Crippen LogP contribution in [0.3, 0.4) is 0 Å². The van der Waals surface area contributed by atoms with Crippen molar-refractivity contribution in [3.05, 3.63) is 35.4 Å². The van der Waals surface area contributed by atoms with Gasteiger partial charge in [-0.15, -0.1) is 0 Å². The van der Waals surface area contributed by atoms with Crippen molar-refractivity contribution in [2.24, 2.45) is 0 Å². The lowest BCUT2D eigenvalue weighted by atomic mass is 10.0. The number of benzene rings is 1. The first-order valence-electron chi connectivity index (χ1n) is 4.55. The maximum Gasteiger partial charge on any atom is 0.129 e. The Morgan fingerprint density at radius 1 is 1.36 bits per heavy atom. The third kappa shape index (κ3) is 2.55. The molecule has 0 spiro atoms. The number of hydrogen-bond acceptors (Lipinski definition) is 2. The minimum Gasteiger partial charge on any atom is -0.544 e. The summed E-state index contributed by atoms with van der Waals surface area (Å²) in [7, 11) is 0. The molecule has 76 valence electrons. The van der Waals surface area contributed by atoms with Gasteiger partial charge < -0.3 is 21.4 Å². The fourth-order valence-corrected chi connectivity index (χ4v) is 1.35. The first-order chi connectivity index (χ1) is 6.65. The number of carbonyl (C=O) groups excluding carboxylic acids is 1. The van der Waals surface area contributed by atoms with Crippen molar-refractivity contribution in [2.75, 3.05) is 0 Å². The van der Waals surface area contributed by atoms with Crippen LogP contribution in [-0.2, 0) is 17.8 Å². The van der Waals surface area contributed by atoms with Gasteiger partial charge in [0.05, 0.1) is 12.5 Å². The van der Waals surface area contributed by atoms with Gasteiger partial charge >= 0.3 is 0 Å². The lowest BCUT2D eigenvalue weighted by molar-refractivity contribution is -0.437. The normalized spacial score (nSPS) is 12.4. The average Bonchev–Trinajstić information content (AvgIpc) is 2.18. The number of quaternary nitrogens is 2. The molecule has 0 aliphatic rings. The molecule has 0 bridgehead atoms. The SMILES string of the molecule is [NH3+]Cc1ccccc1C[C@H]([NH3+])C(=O)[O-]. The van der Waals surface area contributed by atoms with Crippen molar-refractivity contribution in [3.8, 4) is 0 Å². The maximum atomic E-state index is 10.5. The van der Waals surface area contributed by atoms with Gasteiger partial charge in [0.2, 0.25) is 0 Å². The first kappa shape index (κ1) is 10.7. The second-order valence-corrected chi connectivity index (χ2v) is 3.24. The molecule has 0 radical (unpaired) electrons. The molecule has 0 fully saturated rings. The van der Waals surface area contributed by atoms with Gasteiger partial charge in [-0.2, -0.15) is 0 Å². The molecule has 1 aromatic rings. The van der Waals surface area contributed by atoms with Crippen LogP contribution in [0.25, 0.3) is 0 Å². The van der Waals surface area contributed by atoms with E-state index in [9.17, 15) is 9.90 Å². The summed E-state index contributed by atoms with van der Waals surface area (Å²) in [6.07, 6.45) is 0.411. The Hall–Kier alpha value is -1.39. The molecule has 1 rings (SSSR count). The summed E-state index contributed by atoms with van der Waals surface area (Å²) in [5.74, 6) is -1.11. The quantitative estimate of drug-likeness (QED) is 0.548. The van der Waals surface area contributed by atoms with Crippen LogP contribution in [0.1, 0.15) is 11.1 Å². The molecule has 0 saturated heterocycles. The van der Waals surface area contributed by atoms with E-state index in [0.717, 1.165) is 11.1 Å². The Kier molecular flexibility index (Phi) is 3.62. The van der Waals surface area contributed by atoms with Gasteiger partial charge in [0, 0.05) is 12.0 Å². The highest BCUT2D eigenvalue weighted by Gasteiger charge is 2.11. The van der Waals surface area contributed by atoms with Crippen LogP contribution in [0.5, 0.6) is 0 Å². The molecule has 1 aromatic carbocycles. The summed E-state index contributed by atoms with van der Waals surface area (Å²) < 4.78 is 0. The van der Waals surface area contributed by atoms with Crippen molar-refractivity contribution in [2.45, 2.75) is 19.0 Å². The molecular weight excluding hydrogens is 180 g/mol. The van der Waals surface area contributed by atoms with Gasteiger partial charge in [-0.25, -0.2) is 0 Å². The number of carbonyl (C=O) groups is 1. The second kappa shape index (κ2) is 4.74. The molecule has 0 aliphatic heterocycles. The van der Waals surface area contributed by atoms with Gasteiger partial charge in [-0.3, -0.25) is 0 Å². The predicted molar refractivity (Wildman–Crippen MR) is 48.4 cm³/mol. The summed E-state index contributed by atoms with van der Waals surface area (Å²) in [6, 6.07) is 6.96. The highest BCUT2D eigenvalue weighted by Crippen LogP contribution is 2.08. The summed E-state index contributed by atoms with van der Waals surface area (Å²) in [4.78, 5) is 10.5. The Balaban J connectivity index is 2.80. The van der Waals surface area contributed by atoms with Gasteiger partial charge in [0.15, 0.2) is 0 Å². The lowest BCUT2D eigenvalue weighted by Gasteiger charge is -2.11. The summed E-state index contributed by atoms with van der Waals surface area (Å²) in [5, 5.41) is 10.5. The highest BCUT2D eigenvalue weighted by atomic mass is 16.4. The van der Waals surface area contributed by atoms with Crippen LogP contribution in [0.4, 0.5) is 0 Å². The van der Waals surface area contributed by atoms with E-state index in [1.807, 2.05) is 24.3 Å². The minimum atomic E-state index is -1.11. The van der Waals surface area contributed by atoms with E-state index in [0.29, 0.717) is 13.0 Å². The largest absolute Gasteiger partial charge is 0.544 e. The van der Waals surface area contributed by atoms with E-state index < -0.39 is 12.0 Å². The maximum absolute atomic E-state index is 10.5. The number of carboxylic acids is 1. The number of hydrogen-bond donors (Lipinski definition) is 2. The van der Waals surface area contributed by atoms with E-state index in [2.05, 4.69) is 11.5 Å². The summed E-state index contributed by atoms with van der Waals surface area (Å²) in [6.45, 7) is 0.663. The van der Waals surface area contributed by atoms with Gasteiger partial charge in [0.25, 0.3) is 0 Å². The van der Waals surface area contributed by atoms with Crippen LogP contribution in [0.15, 0.2) is 24.3 Å². The van der Waals surface area contributed by atoms with E-state index >= 15 is 0 Å². The monoisotopic (exact) mass is 195 g/mol. The average molecular weight is 195 g/mol. The van der Waals surface area contributed by atoms with Gasteiger partial charge in [-0.1, -0.05) is 24.3 Å². The standard InChI is InChI=1S/C10H14N2O2/c11-6-8-4-2-1-3-7(8)5-9(12)10(13)14/h1-4,9H,5-6,11-12H2,(H,13,14)/p+1/t9-/m0/s1. The zero-order valence-electron chi connectivity index (χ0n) is 8.03. The topological polar surface area (TPSA) is 95.4 Å². The van der Waals surface area contributed by atoms with Crippen molar-refractivity contribution >= 4 is 5.97 Å². The Labute approximate surface area is 82.5 Å². The molecule has 0 aromatic heterocycles. The molecule has 4 nitrogen and oxygen atoms in total. The van der Waals surface area contributed by atoms with E-state index in [-0.39, 0.29) is 0 Å². The van der Waals surface area contributed by atoms with Crippen LogP contribution >= 0.6 is 0 Å². The fourth-order valence-electron chi connectivity index (χ4n) is 1.35. The Bertz CT molecular complexity index is 326. The smallest absolute Gasteiger partial charge is 0.129 e. The zero-order chi connectivity index (χ0) is 10.6. The van der Waals surface area contributed by atoms with Crippen molar-refractivity contribution in [3.63, 3.8) is 0 Å². The molecule has 1 atom stereocenters. The Morgan fingerprint density at radius 3 is 2.43 bits per heavy atom. The highest BCUT2D eigenvalue weighted by molar-refractivity contribution is 5.69. The second-order valence-electron chi connectivity index (χ2n) is 3.24. The molecular formula is C10H15N2O2+. The fraction of sp³-hybridized carbons (Fsp3) is 0.300. The van der Waals surface area contributed by atoms with Crippen molar-refractivity contribution in [1.29, 1.82) is 0 Å². The molecule has 4 heteroatoms.